The molecule has 8 heteroatoms. The third-order valence-electron chi connectivity index (χ3n) is 4.49. The molecule has 2 aromatic rings. The number of rotatable bonds is 4. The van der Waals surface area contributed by atoms with Gasteiger partial charge in [-0.2, -0.15) is 5.10 Å². The van der Waals surface area contributed by atoms with Crippen LogP contribution >= 0.6 is 0 Å². The largest absolute Gasteiger partial charge is 0.355 e. The lowest BCUT2D eigenvalue weighted by Gasteiger charge is -2.34. The van der Waals surface area contributed by atoms with Gasteiger partial charge < -0.3 is 4.90 Å². The summed E-state index contributed by atoms with van der Waals surface area (Å²) in [7, 11) is -1.45. The van der Waals surface area contributed by atoms with E-state index in [1.807, 2.05) is 23.7 Å². The van der Waals surface area contributed by atoms with Gasteiger partial charge in [-0.05, 0) is 31.7 Å². The minimum Gasteiger partial charge on any atom is -0.355 e. The molecule has 0 atom stereocenters. The van der Waals surface area contributed by atoms with E-state index in [1.165, 1.54) is 10.6 Å². The van der Waals surface area contributed by atoms with Gasteiger partial charge in [0.05, 0.1) is 11.9 Å². The molecule has 3 heterocycles. The van der Waals surface area contributed by atoms with Gasteiger partial charge in [-0.25, -0.2) is 22.2 Å². The average molecular weight is 337 g/mol. The maximum absolute atomic E-state index is 11.5. The highest BCUT2D eigenvalue weighted by molar-refractivity contribution is 7.88. The summed E-state index contributed by atoms with van der Waals surface area (Å²) in [5.74, 6) is 1.36. The zero-order valence-electron chi connectivity index (χ0n) is 13.8. The maximum Gasteiger partial charge on any atom is 0.210 e. The molecule has 0 aliphatic carbocycles. The van der Waals surface area contributed by atoms with E-state index >= 15 is 0 Å². The summed E-state index contributed by atoms with van der Waals surface area (Å²) in [5, 5.41) is 4.43. The van der Waals surface area contributed by atoms with Crippen molar-refractivity contribution in [3.05, 3.63) is 24.2 Å². The molecule has 0 bridgehead atoms. The van der Waals surface area contributed by atoms with Crippen LogP contribution in [0.3, 0.4) is 0 Å². The fourth-order valence-electron chi connectivity index (χ4n) is 3.10. The second-order valence-corrected chi connectivity index (χ2v) is 8.43. The number of aryl methyl sites for hydroxylation is 1. The van der Waals surface area contributed by atoms with Crippen molar-refractivity contribution < 1.29 is 8.42 Å². The van der Waals surface area contributed by atoms with Crippen LogP contribution in [0.2, 0.25) is 0 Å². The summed E-state index contributed by atoms with van der Waals surface area (Å²) < 4.78 is 26.4. The standard InChI is InChI=1S/C15H23N5O2S/c1-12-10-14-15(16-6-9-20(14)17-12)19-7-4-13(5-8-19)11-18(2)23(3,21)22/h6,9-10,13H,4-5,7-8,11H2,1-3H3. The lowest BCUT2D eigenvalue weighted by Crippen LogP contribution is -2.39. The number of nitrogens with zero attached hydrogens (tertiary/aromatic N) is 5. The number of anilines is 1. The smallest absolute Gasteiger partial charge is 0.210 e. The molecule has 1 saturated heterocycles. The van der Waals surface area contributed by atoms with Crippen molar-refractivity contribution in [2.24, 2.45) is 5.92 Å². The molecule has 0 aromatic carbocycles. The number of piperidine rings is 1. The van der Waals surface area contributed by atoms with Crippen LogP contribution in [0.5, 0.6) is 0 Å². The van der Waals surface area contributed by atoms with Gasteiger partial charge in [-0.15, -0.1) is 0 Å². The van der Waals surface area contributed by atoms with E-state index in [9.17, 15) is 8.42 Å². The van der Waals surface area contributed by atoms with Gasteiger partial charge in [-0.3, -0.25) is 0 Å². The number of hydrogen-bond donors (Lipinski definition) is 0. The monoisotopic (exact) mass is 337 g/mol. The number of aromatic nitrogens is 3. The van der Waals surface area contributed by atoms with Crippen molar-refractivity contribution >= 4 is 21.4 Å². The molecule has 1 fully saturated rings. The van der Waals surface area contributed by atoms with Gasteiger partial charge in [-0.1, -0.05) is 0 Å². The molecule has 0 spiro atoms. The van der Waals surface area contributed by atoms with Crippen molar-refractivity contribution in [1.29, 1.82) is 0 Å². The van der Waals surface area contributed by atoms with E-state index in [1.54, 1.807) is 13.2 Å². The lowest BCUT2D eigenvalue weighted by atomic mass is 9.97. The topological polar surface area (TPSA) is 70.8 Å². The van der Waals surface area contributed by atoms with E-state index in [4.69, 9.17) is 0 Å². The summed E-state index contributed by atoms with van der Waals surface area (Å²) in [6.07, 6.45) is 6.83. The van der Waals surface area contributed by atoms with Crippen LogP contribution in [0, 0.1) is 12.8 Å². The van der Waals surface area contributed by atoms with E-state index in [0.717, 1.165) is 43.0 Å². The van der Waals surface area contributed by atoms with Crippen molar-refractivity contribution in [2.45, 2.75) is 19.8 Å². The molecule has 3 rings (SSSR count). The first-order valence-corrected chi connectivity index (χ1v) is 9.66. The molecule has 0 radical (unpaired) electrons. The molecule has 23 heavy (non-hydrogen) atoms. The summed E-state index contributed by atoms with van der Waals surface area (Å²) in [6.45, 7) is 4.35. The molecule has 7 nitrogen and oxygen atoms in total. The van der Waals surface area contributed by atoms with Crippen LogP contribution in [0.25, 0.3) is 5.52 Å². The van der Waals surface area contributed by atoms with E-state index in [2.05, 4.69) is 15.0 Å². The molecule has 126 valence electrons. The Morgan fingerprint density at radius 1 is 1.35 bits per heavy atom. The van der Waals surface area contributed by atoms with Crippen molar-refractivity contribution in [2.75, 3.05) is 37.8 Å². The van der Waals surface area contributed by atoms with Crippen LogP contribution < -0.4 is 4.90 Å². The Labute approximate surface area is 137 Å². The first-order valence-electron chi connectivity index (χ1n) is 7.82. The number of hydrogen-bond acceptors (Lipinski definition) is 5. The summed E-state index contributed by atoms with van der Waals surface area (Å²) in [6, 6.07) is 2.05. The molecule has 0 saturated carbocycles. The SMILES string of the molecule is Cc1cc2c(N3CCC(CN(C)S(C)(=O)=O)CC3)nccn2n1. The predicted octanol–water partition coefficient (Wildman–Crippen LogP) is 1.15. The van der Waals surface area contributed by atoms with Gasteiger partial charge in [0, 0.05) is 39.1 Å². The minimum atomic E-state index is -3.10. The van der Waals surface area contributed by atoms with Gasteiger partial charge >= 0.3 is 0 Å². The minimum absolute atomic E-state index is 0.400. The van der Waals surface area contributed by atoms with Crippen molar-refractivity contribution in [3.8, 4) is 0 Å². The fourth-order valence-corrected chi connectivity index (χ4v) is 3.58. The molecule has 0 N–H and O–H groups in total. The predicted molar refractivity (Wildman–Crippen MR) is 90.1 cm³/mol. The van der Waals surface area contributed by atoms with Crippen molar-refractivity contribution in [3.63, 3.8) is 0 Å². The number of sulfonamides is 1. The third-order valence-corrected chi connectivity index (χ3v) is 5.77. The summed E-state index contributed by atoms with van der Waals surface area (Å²) in [5.41, 5.74) is 2.00. The Balaban J connectivity index is 1.69. The quantitative estimate of drug-likeness (QED) is 0.837. The van der Waals surface area contributed by atoms with Crippen LogP contribution in [-0.4, -0.2) is 60.3 Å². The Bertz CT molecular complexity index is 793. The Kier molecular flexibility index (Phi) is 4.29. The zero-order valence-corrected chi connectivity index (χ0v) is 14.6. The van der Waals surface area contributed by atoms with Gasteiger partial charge in [0.25, 0.3) is 0 Å². The van der Waals surface area contributed by atoms with Gasteiger partial charge in [0.15, 0.2) is 5.82 Å². The molecule has 2 aromatic heterocycles. The first-order chi connectivity index (χ1) is 10.8. The lowest BCUT2D eigenvalue weighted by molar-refractivity contribution is 0.329. The van der Waals surface area contributed by atoms with Gasteiger partial charge in [0.1, 0.15) is 5.52 Å². The second-order valence-electron chi connectivity index (χ2n) is 6.34. The maximum atomic E-state index is 11.5. The molecular formula is C15H23N5O2S. The highest BCUT2D eigenvalue weighted by Crippen LogP contribution is 2.26. The van der Waals surface area contributed by atoms with Crippen LogP contribution in [-0.2, 0) is 10.0 Å². The molecule has 0 unspecified atom stereocenters. The summed E-state index contributed by atoms with van der Waals surface area (Å²) in [4.78, 5) is 6.80. The molecule has 0 amide bonds. The zero-order chi connectivity index (χ0) is 16.6. The van der Waals surface area contributed by atoms with E-state index in [0.29, 0.717) is 12.5 Å². The Morgan fingerprint density at radius 2 is 2.04 bits per heavy atom. The highest BCUT2D eigenvalue weighted by Gasteiger charge is 2.24. The van der Waals surface area contributed by atoms with Crippen LogP contribution in [0.15, 0.2) is 18.5 Å². The first kappa shape index (κ1) is 16.2. The van der Waals surface area contributed by atoms with E-state index in [-0.39, 0.29) is 0 Å². The average Bonchev–Trinajstić information content (AvgIpc) is 2.87. The second kappa shape index (κ2) is 6.09. The Morgan fingerprint density at radius 3 is 2.70 bits per heavy atom. The molecular weight excluding hydrogens is 314 g/mol. The van der Waals surface area contributed by atoms with E-state index < -0.39 is 10.0 Å². The van der Waals surface area contributed by atoms with Crippen LogP contribution in [0.1, 0.15) is 18.5 Å². The fraction of sp³-hybridized carbons (Fsp3) is 0.600. The third kappa shape index (κ3) is 3.48. The molecule has 1 aliphatic rings. The van der Waals surface area contributed by atoms with Gasteiger partial charge in [0.2, 0.25) is 10.0 Å². The number of fused-ring (bicyclic) bond motifs is 1. The van der Waals surface area contributed by atoms with Crippen molar-refractivity contribution in [1.82, 2.24) is 18.9 Å². The summed E-state index contributed by atoms with van der Waals surface area (Å²) >= 11 is 0. The van der Waals surface area contributed by atoms with Crippen LogP contribution in [0.4, 0.5) is 5.82 Å². The normalized spacial score (nSPS) is 17.3. The molecule has 1 aliphatic heterocycles. The Hall–Kier alpha value is -1.67. The highest BCUT2D eigenvalue weighted by atomic mass is 32.2.